The highest BCUT2D eigenvalue weighted by Crippen LogP contribution is 2.54. The Morgan fingerprint density at radius 1 is 0.756 bits per heavy atom. The van der Waals surface area contributed by atoms with Gasteiger partial charge in [-0.25, -0.2) is 0 Å². The van der Waals surface area contributed by atoms with E-state index in [1.54, 1.807) is 13.8 Å². The predicted molar refractivity (Wildman–Crippen MR) is 157 cm³/mol. The molecule has 4 atom stereocenters. The lowest BCUT2D eigenvalue weighted by Crippen LogP contribution is -2.52. The molecule has 0 bridgehead atoms. The maximum absolute atomic E-state index is 14.0. The van der Waals surface area contributed by atoms with Gasteiger partial charge in [0.25, 0.3) is 0 Å². The van der Waals surface area contributed by atoms with Crippen LogP contribution in [-0.4, -0.2) is 61.6 Å². The summed E-state index contributed by atoms with van der Waals surface area (Å²) in [7, 11) is -3.64. The Bertz CT molecular complexity index is 1190. The third-order valence-electron chi connectivity index (χ3n) is 6.88. The zero-order valence-electron chi connectivity index (χ0n) is 23.8. The first-order valence-electron chi connectivity index (χ1n) is 14.1. The van der Waals surface area contributed by atoms with Crippen molar-refractivity contribution in [2.24, 2.45) is 0 Å². The van der Waals surface area contributed by atoms with Crippen molar-refractivity contribution in [1.82, 2.24) is 0 Å². The Labute approximate surface area is 243 Å². The van der Waals surface area contributed by atoms with Crippen molar-refractivity contribution in [1.29, 1.82) is 0 Å². The molecule has 0 aliphatic carbocycles. The van der Waals surface area contributed by atoms with Crippen LogP contribution in [0.2, 0.25) is 0 Å². The lowest BCUT2D eigenvalue weighted by atomic mass is 9.96. The minimum atomic E-state index is -3.64. The van der Waals surface area contributed by atoms with E-state index in [0.717, 1.165) is 16.7 Å². The number of aliphatic hydroxyl groups excluding tert-OH is 1. The molecule has 1 N–H and O–H groups in total. The van der Waals surface area contributed by atoms with Gasteiger partial charge in [0.05, 0.1) is 52.4 Å². The van der Waals surface area contributed by atoms with E-state index in [-0.39, 0.29) is 45.8 Å². The van der Waals surface area contributed by atoms with E-state index in [1.165, 1.54) is 0 Å². The van der Waals surface area contributed by atoms with Crippen molar-refractivity contribution in [3.05, 3.63) is 108 Å². The van der Waals surface area contributed by atoms with Gasteiger partial charge in [-0.2, -0.15) is 0 Å². The van der Waals surface area contributed by atoms with Crippen molar-refractivity contribution >= 4 is 7.60 Å². The van der Waals surface area contributed by atoms with Crippen LogP contribution in [0.4, 0.5) is 0 Å². The standard InChI is InChI=1S/C32H41O8P/c1-3-38-41(34,39-4-2)25-32(24-35-21-26-14-8-5-9-15-26)31(37-23-28-18-12-7-13-19-28)30(29(20-33)40-32)36-22-27-16-10-6-11-17-27/h5-19,29-31,33H,3-4,20-25H2,1-2H3/t29-,30-,31+,32+/m1/s1. The van der Waals surface area contributed by atoms with E-state index in [1.807, 2.05) is 91.0 Å². The van der Waals surface area contributed by atoms with E-state index in [2.05, 4.69) is 0 Å². The maximum atomic E-state index is 14.0. The second kappa shape index (κ2) is 15.7. The van der Waals surface area contributed by atoms with Crippen molar-refractivity contribution < 1.29 is 37.7 Å². The first-order chi connectivity index (χ1) is 20.0. The monoisotopic (exact) mass is 584 g/mol. The van der Waals surface area contributed by atoms with Crippen molar-refractivity contribution in [2.75, 3.05) is 32.6 Å². The molecule has 0 spiro atoms. The molecule has 3 aromatic rings. The van der Waals surface area contributed by atoms with Gasteiger partial charge in [-0.3, -0.25) is 4.57 Å². The molecular formula is C32H41O8P. The second-order valence-electron chi connectivity index (χ2n) is 9.97. The summed E-state index contributed by atoms with van der Waals surface area (Å²) in [4.78, 5) is 0. The highest BCUT2D eigenvalue weighted by Gasteiger charge is 2.59. The minimum Gasteiger partial charge on any atom is -0.394 e. The third kappa shape index (κ3) is 8.80. The predicted octanol–water partition coefficient (Wildman–Crippen LogP) is 5.77. The fraction of sp³-hybridized carbons (Fsp3) is 0.438. The molecule has 3 aromatic carbocycles. The molecule has 9 heteroatoms. The van der Waals surface area contributed by atoms with E-state index < -0.39 is 31.5 Å². The zero-order chi connectivity index (χ0) is 29.0. The van der Waals surface area contributed by atoms with Crippen molar-refractivity contribution in [2.45, 2.75) is 57.6 Å². The van der Waals surface area contributed by atoms with Crippen molar-refractivity contribution in [3.8, 4) is 0 Å². The first kappa shape index (κ1) is 31.5. The molecule has 0 saturated carbocycles. The van der Waals surface area contributed by atoms with Crippen LogP contribution < -0.4 is 0 Å². The van der Waals surface area contributed by atoms with Crippen LogP contribution in [0, 0.1) is 0 Å². The number of aliphatic hydroxyl groups is 1. The third-order valence-corrected chi connectivity index (χ3v) is 9.10. The largest absolute Gasteiger partial charge is 0.394 e. The lowest BCUT2D eigenvalue weighted by Gasteiger charge is -2.37. The molecule has 0 amide bonds. The molecule has 1 heterocycles. The number of benzene rings is 3. The van der Waals surface area contributed by atoms with E-state index >= 15 is 0 Å². The fourth-order valence-electron chi connectivity index (χ4n) is 5.09. The van der Waals surface area contributed by atoms with Crippen LogP contribution in [0.1, 0.15) is 30.5 Å². The molecule has 1 aliphatic rings. The molecule has 1 saturated heterocycles. The molecule has 0 radical (unpaired) electrons. The molecule has 1 fully saturated rings. The van der Waals surface area contributed by atoms with Gasteiger partial charge in [0.1, 0.15) is 23.9 Å². The minimum absolute atomic E-state index is 0.0210. The second-order valence-corrected chi connectivity index (χ2v) is 12.0. The zero-order valence-corrected chi connectivity index (χ0v) is 24.7. The smallest absolute Gasteiger partial charge is 0.333 e. The average molecular weight is 585 g/mol. The number of hydrogen-bond acceptors (Lipinski definition) is 8. The van der Waals surface area contributed by atoms with Crippen LogP contribution in [-0.2, 0) is 52.4 Å². The summed E-state index contributed by atoms with van der Waals surface area (Å²) in [6.07, 6.45) is -2.32. The Morgan fingerprint density at radius 2 is 1.24 bits per heavy atom. The lowest BCUT2D eigenvalue weighted by molar-refractivity contribution is -0.142. The molecule has 222 valence electrons. The summed E-state index contributed by atoms with van der Waals surface area (Å²) in [6.45, 7) is 4.49. The van der Waals surface area contributed by atoms with Crippen LogP contribution in [0.25, 0.3) is 0 Å². The highest BCUT2D eigenvalue weighted by molar-refractivity contribution is 7.53. The summed E-state index contributed by atoms with van der Waals surface area (Å²) in [5.74, 6) is 0. The van der Waals surface area contributed by atoms with Gasteiger partial charge in [-0.05, 0) is 30.5 Å². The van der Waals surface area contributed by atoms with E-state index in [0.29, 0.717) is 6.61 Å². The van der Waals surface area contributed by atoms with E-state index in [9.17, 15) is 9.67 Å². The average Bonchev–Trinajstić information content (AvgIpc) is 3.28. The van der Waals surface area contributed by atoms with Gasteiger partial charge in [-0.15, -0.1) is 0 Å². The molecular weight excluding hydrogens is 543 g/mol. The first-order valence-corrected chi connectivity index (χ1v) is 15.8. The Hall–Kier alpha value is -2.39. The van der Waals surface area contributed by atoms with Crippen LogP contribution in [0.3, 0.4) is 0 Å². The molecule has 4 rings (SSSR count). The van der Waals surface area contributed by atoms with Gasteiger partial charge in [0.2, 0.25) is 0 Å². The highest BCUT2D eigenvalue weighted by atomic mass is 31.2. The Balaban J connectivity index is 1.67. The van der Waals surface area contributed by atoms with Crippen LogP contribution >= 0.6 is 7.60 Å². The Morgan fingerprint density at radius 3 is 1.73 bits per heavy atom. The summed E-state index contributed by atoms with van der Waals surface area (Å²) in [5.41, 5.74) is 1.62. The summed E-state index contributed by atoms with van der Waals surface area (Å²) < 4.78 is 51.2. The normalized spacial score (nSPS) is 22.7. The number of hydrogen-bond donors (Lipinski definition) is 1. The maximum Gasteiger partial charge on any atom is 0.333 e. The van der Waals surface area contributed by atoms with Crippen LogP contribution in [0.15, 0.2) is 91.0 Å². The Kier molecular flexibility index (Phi) is 12.1. The SMILES string of the molecule is CCOP(=O)(C[C@]1(COCc2ccccc2)O[C@H](CO)[C@@H](OCc2ccccc2)[C@@H]1OCc1ccccc1)OCC. The van der Waals surface area contributed by atoms with Gasteiger partial charge in [0.15, 0.2) is 0 Å². The van der Waals surface area contributed by atoms with E-state index in [4.69, 9.17) is 28.0 Å². The fourth-order valence-corrected chi connectivity index (χ4v) is 7.14. The van der Waals surface area contributed by atoms with Crippen molar-refractivity contribution in [3.63, 3.8) is 0 Å². The summed E-state index contributed by atoms with van der Waals surface area (Å²) in [5, 5.41) is 10.4. The topological polar surface area (TPSA) is 92.7 Å². The molecule has 0 unspecified atom stereocenters. The quantitative estimate of drug-likeness (QED) is 0.200. The van der Waals surface area contributed by atoms with Crippen LogP contribution in [0.5, 0.6) is 0 Å². The van der Waals surface area contributed by atoms with Gasteiger partial charge < -0.3 is 33.1 Å². The number of ether oxygens (including phenoxy) is 4. The number of rotatable bonds is 17. The molecule has 8 nitrogen and oxygen atoms in total. The molecule has 41 heavy (non-hydrogen) atoms. The summed E-state index contributed by atoms with van der Waals surface area (Å²) >= 11 is 0. The summed E-state index contributed by atoms with van der Waals surface area (Å²) in [6, 6.07) is 29.3. The van der Waals surface area contributed by atoms with Gasteiger partial charge >= 0.3 is 7.60 Å². The van der Waals surface area contributed by atoms with Gasteiger partial charge in [0, 0.05) is 0 Å². The molecule has 0 aromatic heterocycles. The molecule has 1 aliphatic heterocycles. The van der Waals surface area contributed by atoms with Gasteiger partial charge in [-0.1, -0.05) is 91.0 Å².